The highest BCUT2D eigenvalue weighted by molar-refractivity contribution is 7.78. The fourth-order valence-corrected chi connectivity index (χ4v) is 0.392. The summed E-state index contributed by atoms with van der Waals surface area (Å²) in [7, 11) is 0. The van der Waals surface area contributed by atoms with Crippen LogP contribution in [0.1, 0.15) is 0 Å². The standard InChI is InChI=1S/C5H10N2S/c6-3-1-2-4-7-5-8/h1-2,5H,3-4,6H2,(H,7,8). The van der Waals surface area contributed by atoms with Crippen LogP contribution in [0.15, 0.2) is 12.2 Å². The first-order valence-electron chi connectivity index (χ1n) is 2.44. The summed E-state index contributed by atoms with van der Waals surface area (Å²) in [4.78, 5) is 0. The van der Waals surface area contributed by atoms with Gasteiger partial charge in [-0.1, -0.05) is 24.4 Å². The highest BCUT2D eigenvalue weighted by Gasteiger charge is 1.67. The Labute approximate surface area is 54.8 Å². The number of nitrogens with two attached hydrogens (primary N) is 1. The van der Waals surface area contributed by atoms with E-state index in [0.717, 1.165) is 6.54 Å². The third kappa shape index (κ3) is 5.59. The molecular weight excluding hydrogens is 120 g/mol. The van der Waals surface area contributed by atoms with Crippen LogP contribution >= 0.6 is 12.2 Å². The molecule has 0 saturated heterocycles. The predicted octanol–water partition coefficient (Wildman–Crippen LogP) is 0.0481. The first-order valence-corrected chi connectivity index (χ1v) is 2.91. The van der Waals surface area contributed by atoms with Crippen LogP contribution < -0.4 is 11.1 Å². The normalized spacial score (nSPS) is 9.62. The molecule has 0 aliphatic carbocycles. The van der Waals surface area contributed by atoms with Gasteiger partial charge < -0.3 is 11.1 Å². The molecule has 0 aliphatic rings. The molecule has 0 fully saturated rings. The molecule has 0 aromatic carbocycles. The molecule has 0 spiro atoms. The SMILES string of the molecule is NCC=CCNC=S. The third-order valence-corrected chi connectivity index (χ3v) is 0.788. The molecule has 0 unspecified atom stereocenters. The minimum atomic E-state index is 0.596. The molecule has 2 nitrogen and oxygen atoms in total. The van der Waals surface area contributed by atoms with Crippen LogP contribution in [-0.2, 0) is 0 Å². The first-order chi connectivity index (χ1) is 3.91. The number of hydrogen-bond acceptors (Lipinski definition) is 2. The maximum atomic E-state index is 5.16. The second-order valence-corrected chi connectivity index (χ2v) is 1.47. The summed E-state index contributed by atoms with van der Waals surface area (Å²) in [5.74, 6) is 0. The van der Waals surface area contributed by atoms with Gasteiger partial charge in [-0.15, -0.1) is 0 Å². The predicted molar refractivity (Wildman–Crippen MR) is 39.9 cm³/mol. The largest absolute Gasteiger partial charge is 0.379 e. The van der Waals surface area contributed by atoms with Gasteiger partial charge in [0.25, 0.3) is 0 Å². The lowest BCUT2D eigenvalue weighted by molar-refractivity contribution is 1.07. The zero-order valence-electron chi connectivity index (χ0n) is 4.63. The minimum Gasteiger partial charge on any atom is -0.379 e. The van der Waals surface area contributed by atoms with Crippen molar-refractivity contribution in [3.8, 4) is 0 Å². The Morgan fingerprint density at radius 2 is 2.25 bits per heavy atom. The smallest absolute Gasteiger partial charge is 0.0617 e. The molecule has 0 rings (SSSR count). The Morgan fingerprint density at radius 1 is 1.50 bits per heavy atom. The van der Waals surface area contributed by atoms with Gasteiger partial charge in [0.05, 0.1) is 5.49 Å². The summed E-state index contributed by atoms with van der Waals surface area (Å²) in [6.45, 7) is 1.37. The van der Waals surface area contributed by atoms with Gasteiger partial charge in [-0.05, 0) is 0 Å². The molecule has 46 valence electrons. The molecule has 0 saturated carbocycles. The van der Waals surface area contributed by atoms with E-state index in [0.29, 0.717) is 6.54 Å². The third-order valence-electron chi connectivity index (χ3n) is 0.622. The maximum Gasteiger partial charge on any atom is 0.0617 e. The van der Waals surface area contributed by atoms with Crippen LogP contribution in [0.25, 0.3) is 0 Å². The van der Waals surface area contributed by atoms with Crippen LogP contribution in [0.4, 0.5) is 0 Å². The second kappa shape index (κ2) is 6.59. The van der Waals surface area contributed by atoms with E-state index in [1.165, 1.54) is 5.49 Å². The summed E-state index contributed by atoms with van der Waals surface area (Å²) < 4.78 is 0. The van der Waals surface area contributed by atoms with E-state index < -0.39 is 0 Å². The monoisotopic (exact) mass is 130 g/mol. The van der Waals surface area contributed by atoms with Crippen LogP contribution in [0, 0.1) is 0 Å². The van der Waals surface area contributed by atoms with Gasteiger partial charge in [-0.3, -0.25) is 0 Å². The Kier molecular flexibility index (Phi) is 6.25. The van der Waals surface area contributed by atoms with E-state index in [4.69, 9.17) is 5.73 Å². The summed E-state index contributed by atoms with van der Waals surface area (Å²) in [5.41, 5.74) is 6.65. The van der Waals surface area contributed by atoms with Crippen LogP contribution in [0.3, 0.4) is 0 Å². The van der Waals surface area contributed by atoms with E-state index in [-0.39, 0.29) is 0 Å². The van der Waals surface area contributed by atoms with Crippen molar-refractivity contribution in [2.24, 2.45) is 5.73 Å². The molecule has 0 aromatic rings. The molecule has 0 amide bonds. The first kappa shape index (κ1) is 7.59. The van der Waals surface area contributed by atoms with Crippen molar-refractivity contribution in [1.82, 2.24) is 5.32 Å². The fourth-order valence-electron chi connectivity index (χ4n) is 0.296. The summed E-state index contributed by atoms with van der Waals surface area (Å²) >= 11 is 4.50. The average molecular weight is 130 g/mol. The Balaban J connectivity index is 2.90. The molecule has 3 N–H and O–H groups in total. The van der Waals surface area contributed by atoms with Gasteiger partial charge in [0.2, 0.25) is 0 Å². The second-order valence-electron chi connectivity index (χ2n) is 1.23. The van der Waals surface area contributed by atoms with Gasteiger partial charge >= 0.3 is 0 Å². The van der Waals surface area contributed by atoms with Gasteiger partial charge in [0.15, 0.2) is 0 Å². The van der Waals surface area contributed by atoms with Crippen molar-refractivity contribution >= 4 is 17.7 Å². The van der Waals surface area contributed by atoms with E-state index in [9.17, 15) is 0 Å². The maximum absolute atomic E-state index is 5.16. The molecule has 0 atom stereocenters. The highest BCUT2D eigenvalue weighted by atomic mass is 32.1. The zero-order valence-corrected chi connectivity index (χ0v) is 5.45. The van der Waals surface area contributed by atoms with E-state index >= 15 is 0 Å². The number of rotatable bonds is 4. The average Bonchev–Trinajstić information content (AvgIpc) is 1.81. The van der Waals surface area contributed by atoms with E-state index in [1.54, 1.807) is 0 Å². The van der Waals surface area contributed by atoms with Crippen molar-refractivity contribution in [2.45, 2.75) is 0 Å². The van der Waals surface area contributed by atoms with E-state index in [1.807, 2.05) is 12.2 Å². The van der Waals surface area contributed by atoms with Crippen molar-refractivity contribution in [3.05, 3.63) is 12.2 Å². The fraction of sp³-hybridized carbons (Fsp3) is 0.400. The number of nitrogens with one attached hydrogen (secondary N) is 1. The molecule has 0 aliphatic heterocycles. The van der Waals surface area contributed by atoms with Gasteiger partial charge in [-0.25, -0.2) is 0 Å². The van der Waals surface area contributed by atoms with E-state index in [2.05, 4.69) is 17.5 Å². The molecule has 0 heterocycles. The summed E-state index contributed by atoms with van der Waals surface area (Å²) in [6, 6.07) is 0. The Bertz CT molecular complexity index is 80.5. The topological polar surface area (TPSA) is 38.0 Å². The Morgan fingerprint density at radius 3 is 2.75 bits per heavy atom. The molecule has 0 aromatic heterocycles. The lowest BCUT2D eigenvalue weighted by Gasteiger charge is -1.87. The van der Waals surface area contributed by atoms with Crippen molar-refractivity contribution < 1.29 is 0 Å². The molecule has 3 heteroatoms. The zero-order chi connectivity index (χ0) is 6.24. The lowest BCUT2D eigenvalue weighted by Crippen LogP contribution is -2.08. The van der Waals surface area contributed by atoms with Gasteiger partial charge in [-0.2, -0.15) is 0 Å². The molecule has 0 radical (unpaired) electrons. The Hall–Kier alpha value is -0.410. The molecular formula is C5H10N2S. The minimum absolute atomic E-state index is 0.596. The lowest BCUT2D eigenvalue weighted by atomic mass is 10.5. The summed E-state index contributed by atoms with van der Waals surface area (Å²) in [6.07, 6.45) is 3.81. The van der Waals surface area contributed by atoms with Gasteiger partial charge in [0, 0.05) is 13.1 Å². The van der Waals surface area contributed by atoms with Crippen molar-refractivity contribution in [2.75, 3.05) is 13.1 Å². The van der Waals surface area contributed by atoms with Crippen LogP contribution in [0.5, 0.6) is 0 Å². The number of thiocarbonyl (C=S) groups is 1. The van der Waals surface area contributed by atoms with Gasteiger partial charge in [0.1, 0.15) is 0 Å². The molecule has 8 heavy (non-hydrogen) atoms. The van der Waals surface area contributed by atoms with Crippen LogP contribution in [-0.4, -0.2) is 18.6 Å². The highest BCUT2D eigenvalue weighted by Crippen LogP contribution is 1.63. The quantitative estimate of drug-likeness (QED) is 0.321. The van der Waals surface area contributed by atoms with Crippen LogP contribution in [0.2, 0.25) is 0 Å². The number of hydrogen-bond donors (Lipinski definition) is 2. The van der Waals surface area contributed by atoms with Crippen molar-refractivity contribution in [1.29, 1.82) is 0 Å². The summed E-state index contributed by atoms with van der Waals surface area (Å²) in [5, 5.41) is 2.83. The van der Waals surface area contributed by atoms with Crippen molar-refractivity contribution in [3.63, 3.8) is 0 Å². The molecule has 0 bridgehead atoms.